The number of carbonyl (C=O) groups is 1. The number of halogens is 1. The maximum atomic E-state index is 12.5. The Labute approximate surface area is 186 Å². The Morgan fingerprint density at radius 2 is 1.79 bits per heavy atom. The number of unbranched alkanes of at least 4 members (excludes halogenated alkanes) is 1. The van der Waals surface area contributed by atoms with Crippen LogP contribution in [-0.2, 0) is 0 Å². The fraction of sp³-hybridized carbons (Fsp3) is 0.364. The molecule has 0 aromatic heterocycles. The molecule has 156 valence electrons. The van der Waals surface area contributed by atoms with Gasteiger partial charge in [0.1, 0.15) is 5.75 Å². The molecule has 0 radical (unpaired) electrons. The minimum Gasteiger partial charge on any atom is -0.492 e. The van der Waals surface area contributed by atoms with Gasteiger partial charge < -0.3 is 15.0 Å². The van der Waals surface area contributed by atoms with Crippen molar-refractivity contribution in [3.63, 3.8) is 0 Å². The molecule has 5 nitrogen and oxygen atoms in total. The molecule has 1 amide bonds. The number of ether oxygens (including phenoxy) is 1. The van der Waals surface area contributed by atoms with Crippen LogP contribution >= 0.6 is 28.1 Å². The van der Waals surface area contributed by atoms with Gasteiger partial charge >= 0.3 is 0 Å². The summed E-state index contributed by atoms with van der Waals surface area (Å²) in [5.74, 6) is 0.451. The maximum Gasteiger partial charge on any atom is 0.257 e. The van der Waals surface area contributed by atoms with Gasteiger partial charge in [-0.3, -0.25) is 10.1 Å². The monoisotopic (exact) mass is 477 g/mol. The Morgan fingerprint density at radius 3 is 2.38 bits per heavy atom. The second-order valence-corrected chi connectivity index (χ2v) is 7.74. The van der Waals surface area contributed by atoms with Gasteiger partial charge in [0, 0.05) is 30.0 Å². The zero-order valence-electron chi connectivity index (χ0n) is 17.1. The van der Waals surface area contributed by atoms with E-state index in [4.69, 9.17) is 17.0 Å². The van der Waals surface area contributed by atoms with Crippen LogP contribution in [0.3, 0.4) is 0 Å². The molecule has 2 aromatic carbocycles. The van der Waals surface area contributed by atoms with Crippen molar-refractivity contribution >= 4 is 50.5 Å². The predicted octanol–water partition coefficient (Wildman–Crippen LogP) is 5.60. The van der Waals surface area contributed by atoms with Gasteiger partial charge in [0.25, 0.3) is 5.91 Å². The van der Waals surface area contributed by atoms with Crippen LogP contribution in [0.2, 0.25) is 0 Å². The number of hydrogen-bond acceptors (Lipinski definition) is 4. The molecule has 0 bridgehead atoms. The van der Waals surface area contributed by atoms with Crippen molar-refractivity contribution in [2.75, 3.05) is 29.9 Å². The molecule has 0 aliphatic carbocycles. The molecule has 0 aliphatic heterocycles. The van der Waals surface area contributed by atoms with Crippen LogP contribution in [-0.4, -0.2) is 30.7 Å². The van der Waals surface area contributed by atoms with Crippen molar-refractivity contribution in [2.24, 2.45) is 0 Å². The van der Waals surface area contributed by atoms with Crippen LogP contribution in [0.4, 0.5) is 11.4 Å². The second kappa shape index (κ2) is 11.8. The van der Waals surface area contributed by atoms with Crippen LogP contribution in [0.25, 0.3) is 0 Å². The lowest BCUT2D eigenvalue weighted by Gasteiger charge is -2.21. The fourth-order valence-electron chi connectivity index (χ4n) is 2.77. The van der Waals surface area contributed by atoms with Crippen LogP contribution in [0, 0.1) is 0 Å². The Morgan fingerprint density at radius 1 is 1.10 bits per heavy atom. The SMILES string of the molecule is CCCCOc1ccc(C(=O)NC(=S)Nc2ccc(N(CC)CC)cc2)cc1Br. The summed E-state index contributed by atoms with van der Waals surface area (Å²) in [6.45, 7) is 8.93. The summed E-state index contributed by atoms with van der Waals surface area (Å²) in [7, 11) is 0. The van der Waals surface area contributed by atoms with E-state index >= 15 is 0 Å². The van der Waals surface area contributed by atoms with E-state index in [-0.39, 0.29) is 11.0 Å². The molecule has 2 aromatic rings. The number of amides is 1. The van der Waals surface area contributed by atoms with Gasteiger partial charge in [-0.05, 0) is 90.9 Å². The summed E-state index contributed by atoms with van der Waals surface area (Å²) in [5, 5.41) is 6.02. The molecule has 0 saturated heterocycles. The van der Waals surface area contributed by atoms with Crippen LogP contribution < -0.4 is 20.3 Å². The number of nitrogens with one attached hydrogen (secondary N) is 2. The average molecular weight is 478 g/mol. The molecule has 29 heavy (non-hydrogen) atoms. The highest BCUT2D eigenvalue weighted by Crippen LogP contribution is 2.26. The molecule has 0 heterocycles. The zero-order valence-corrected chi connectivity index (χ0v) is 19.5. The van der Waals surface area contributed by atoms with E-state index in [0.717, 1.165) is 47.5 Å². The first-order valence-electron chi connectivity index (χ1n) is 9.88. The number of benzene rings is 2. The topological polar surface area (TPSA) is 53.6 Å². The molecule has 0 saturated carbocycles. The largest absolute Gasteiger partial charge is 0.492 e. The van der Waals surface area contributed by atoms with E-state index in [1.807, 2.05) is 24.3 Å². The van der Waals surface area contributed by atoms with E-state index < -0.39 is 0 Å². The van der Waals surface area contributed by atoms with Crippen LogP contribution in [0.1, 0.15) is 44.0 Å². The molecule has 7 heteroatoms. The number of rotatable bonds is 9. The van der Waals surface area contributed by atoms with E-state index in [2.05, 4.69) is 52.2 Å². The summed E-state index contributed by atoms with van der Waals surface area (Å²) < 4.78 is 6.44. The van der Waals surface area contributed by atoms with E-state index in [0.29, 0.717) is 12.2 Å². The average Bonchev–Trinajstić information content (AvgIpc) is 2.71. The molecular weight excluding hydrogens is 450 g/mol. The quantitative estimate of drug-likeness (QED) is 0.363. The summed E-state index contributed by atoms with van der Waals surface area (Å²) in [6.07, 6.45) is 2.06. The van der Waals surface area contributed by atoms with Crippen molar-refractivity contribution < 1.29 is 9.53 Å². The Hall–Kier alpha value is -2.12. The van der Waals surface area contributed by atoms with Gasteiger partial charge in [0.2, 0.25) is 0 Å². The highest BCUT2D eigenvalue weighted by atomic mass is 79.9. The smallest absolute Gasteiger partial charge is 0.257 e. The van der Waals surface area contributed by atoms with E-state index in [1.165, 1.54) is 0 Å². The first kappa shape index (κ1) is 23.2. The first-order chi connectivity index (χ1) is 14.0. The minimum atomic E-state index is -0.275. The van der Waals surface area contributed by atoms with Crippen molar-refractivity contribution in [3.05, 3.63) is 52.5 Å². The molecular formula is C22H28BrN3O2S. The Balaban J connectivity index is 1.93. The summed E-state index contributed by atoms with van der Waals surface area (Å²) in [4.78, 5) is 14.7. The third kappa shape index (κ3) is 7.01. The van der Waals surface area contributed by atoms with Gasteiger partial charge in [0.05, 0.1) is 11.1 Å². The van der Waals surface area contributed by atoms with Crippen molar-refractivity contribution in [3.8, 4) is 5.75 Å². The van der Waals surface area contributed by atoms with Crippen molar-refractivity contribution in [2.45, 2.75) is 33.6 Å². The third-order valence-corrected chi connectivity index (χ3v) is 5.25. The number of thiocarbonyl (C=S) groups is 1. The van der Waals surface area contributed by atoms with Crippen LogP contribution in [0.15, 0.2) is 46.9 Å². The fourth-order valence-corrected chi connectivity index (χ4v) is 3.47. The summed E-state index contributed by atoms with van der Waals surface area (Å²) in [5.41, 5.74) is 2.48. The van der Waals surface area contributed by atoms with Crippen LogP contribution in [0.5, 0.6) is 5.75 Å². The van der Waals surface area contributed by atoms with Gasteiger partial charge in [0.15, 0.2) is 5.11 Å². The Kier molecular flexibility index (Phi) is 9.41. The van der Waals surface area contributed by atoms with Gasteiger partial charge in [-0.1, -0.05) is 13.3 Å². The van der Waals surface area contributed by atoms with Crippen molar-refractivity contribution in [1.29, 1.82) is 0 Å². The highest BCUT2D eigenvalue weighted by Gasteiger charge is 2.11. The number of anilines is 2. The predicted molar refractivity (Wildman–Crippen MR) is 128 cm³/mol. The second-order valence-electron chi connectivity index (χ2n) is 6.47. The minimum absolute atomic E-state index is 0.255. The lowest BCUT2D eigenvalue weighted by atomic mass is 10.2. The number of nitrogens with zero attached hydrogens (tertiary/aromatic N) is 1. The molecule has 0 spiro atoms. The first-order valence-corrected chi connectivity index (χ1v) is 11.1. The molecule has 0 atom stereocenters. The summed E-state index contributed by atoms with van der Waals surface area (Å²) >= 11 is 8.74. The van der Waals surface area contributed by atoms with E-state index in [1.54, 1.807) is 18.2 Å². The molecule has 0 fully saturated rings. The lowest BCUT2D eigenvalue weighted by Crippen LogP contribution is -2.34. The van der Waals surface area contributed by atoms with E-state index in [9.17, 15) is 4.79 Å². The highest BCUT2D eigenvalue weighted by molar-refractivity contribution is 9.10. The van der Waals surface area contributed by atoms with Crippen molar-refractivity contribution in [1.82, 2.24) is 5.32 Å². The lowest BCUT2D eigenvalue weighted by molar-refractivity contribution is 0.0977. The summed E-state index contributed by atoms with van der Waals surface area (Å²) in [6, 6.07) is 13.2. The standard InChI is InChI=1S/C22H28BrN3O2S/c1-4-7-14-28-20-13-8-16(15-19(20)23)21(27)25-22(29)24-17-9-11-18(12-10-17)26(5-2)6-3/h8-13,15H,4-7,14H2,1-3H3,(H2,24,25,27,29). The molecule has 0 aliphatic rings. The number of carbonyl (C=O) groups excluding carboxylic acids is 1. The zero-order chi connectivity index (χ0) is 21.2. The Bertz CT molecular complexity index is 823. The molecule has 2 rings (SSSR count). The van der Waals surface area contributed by atoms with Gasteiger partial charge in [-0.25, -0.2) is 0 Å². The molecule has 0 unspecified atom stereocenters. The van der Waals surface area contributed by atoms with Gasteiger partial charge in [-0.15, -0.1) is 0 Å². The molecule has 2 N–H and O–H groups in total. The number of hydrogen-bond donors (Lipinski definition) is 2. The normalized spacial score (nSPS) is 10.3. The third-order valence-electron chi connectivity index (χ3n) is 4.43. The maximum absolute atomic E-state index is 12.5. The van der Waals surface area contributed by atoms with Gasteiger partial charge in [-0.2, -0.15) is 0 Å².